The summed E-state index contributed by atoms with van der Waals surface area (Å²) in [6.07, 6.45) is 18.3. The van der Waals surface area contributed by atoms with Crippen LogP contribution >= 0.6 is 0 Å². The lowest BCUT2D eigenvalue weighted by molar-refractivity contribution is -0.140. The van der Waals surface area contributed by atoms with Crippen LogP contribution in [0.3, 0.4) is 0 Å². The number of rotatable bonds is 2. The van der Waals surface area contributed by atoms with Gasteiger partial charge in [-0.15, -0.1) is 0 Å². The first-order valence-electron chi connectivity index (χ1n) is 14.3. The molecule has 1 unspecified atom stereocenters. The van der Waals surface area contributed by atoms with E-state index >= 15 is 0 Å². The van der Waals surface area contributed by atoms with Gasteiger partial charge in [0.2, 0.25) is 0 Å². The van der Waals surface area contributed by atoms with Gasteiger partial charge >= 0.3 is 0 Å². The number of allylic oxidation sites excluding steroid dienone is 1. The van der Waals surface area contributed by atoms with Gasteiger partial charge in [-0.25, -0.2) is 4.39 Å². The molecule has 36 heavy (non-hydrogen) atoms. The number of hydrogen-bond acceptors (Lipinski definition) is 3. The Morgan fingerprint density at radius 3 is 2.92 bits per heavy atom. The zero-order chi connectivity index (χ0) is 24.1. The van der Waals surface area contributed by atoms with Crippen LogP contribution in [0.2, 0.25) is 0 Å². The standard InChI is InChI=1S/C32H37FN2O/c1-30-11-8-25-17-24-4-5-27(35-15-10-26(33)20-35)18-31(24)12-13-32(25,36-31)29(30)7-6-28(30)22-3-2-21-9-14-34-19-23(21)16-22/h2-3,8-9,14,16-17,19,26-29H,4-7,10-13,15,18,20H2,1H3/t26-,27?,28+,29+,30+,31+,32+/m0/s1. The molecule has 6 aliphatic rings. The van der Waals surface area contributed by atoms with Crippen molar-refractivity contribution < 1.29 is 9.13 Å². The second-order valence-electron chi connectivity index (χ2n) is 13.0. The molecule has 0 amide bonds. The third kappa shape index (κ3) is 2.89. The summed E-state index contributed by atoms with van der Waals surface area (Å²) in [6.45, 7) is 4.09. The van der Waals surface area contributed by atoms with Crippen molar-refractivity contribution in [1.29, 1.82) is 0 Å². The van der Waals surface area contributed by atoms with Gasteiger partial charge in [0, 0.05) is 36.9 Å². The molecule has 4 fully saturated rings. The van der Waals surface area contributed by atoms with E-state index < -0.39 is 6.17 Å². The number of fused-ring (bicyclic) bond motifs is 2. The first kappa shape index (κ1) is 22.0. The summed E-state index contributed by atoms with van der Waals surface area (Å²) in [5.41, 5.74) is 4.47. The molecule has 8 rings (SSSR count). The molecule has 2 saturated carbocycles. The fourth-order valence-electron chi connectivity index (χ4n) is 9.64. The van der Waals surface area contributed by atoms with Crippen LogP contribution in [-0.4, -0.2) is 46.4 Å². The molecule has 188 valence electrons. The third-order valence-corrected chi connectivity index (χ3v) is 11.4. The van der Waals surface area contributed by atoms with Crippen LogP contribution in [0.15, 0.2) is 60.0 Å². The molecule has 1 aromatic carbocycles. The van der Waals surface area contributed by atoms with E-state index in [1.807, 2.05) is 12.4 Å². The Balaban J connectivity index is 1.14. The van der Waals surface area contributed by atoms with Gasteiger partial charge in [-0.2, -0.15) is 0 Å². The van der Waals surface area contributed by atoms with Crippen LogP contribution in [0.5, 0.6) is 0 Å². The molecule has 2 bridgehead atoms. The topological polar surface area (TPSA) is 25.4 Å². The summed E-state index contributed by atoms with van der Waals surface area (Å²) in [7, 11) is 0. The van der Waals surface area contributed by atoms with Crippen molar-refractivity contribution in [3.8, 4) is 0 Å². The molecule has 3 aliphatic heterocycles. The lowest BCUT2D eigenvalue weighted by Gasteiger charge is -2.55. The molecule has 4 heterocycles. The van der Waals surface area contributed by atoms with Gasteiger partial charge in [0.1, 0.15) is 6.17 Å². The molecule has 3 aliphatic carbocycles. The Morgan fingerprint density at radius 1 is 1.08 bits per heavy atom. The number of benzene rings is 1. The minimum atomic E-state index is -0.642. The molecule has 3 nitrogen and oxygen atoms in total. The molecular weight excluding hydrogens is 447 g/mol. The van der Waals surface area contributed by atoms with E-state index in [9.17, 15) is 4.39 Å². The Hall–Kier alpha value is -2.04. The zero-order valence-electron chi connectivity index (χ0n) is 21.4. The van der Waals surface area contributed by atoms with Crippen LogP contribution in [0.25, 0.3) is 10.8 Å². The molecule has 2 saturated heterocycles. The number of ether oxygens (including phenoxy) is 1. The molecule has 7 atom stereocenters. The number of halogens is 1. The predicted octanol–water partition coefficient (Wildman–Crippen LogP) is 6.89. The smallest absolute Gasteiger partial charge is 0.114 e. The van der Waals surface area contributed by atoms with Crippen molar-refractivity contribution in [2.24, 2.45) is 11.3 Å². The highest BCUT2D eigenvalue weighted by atomic mass is 19.1. The first-order valence-corrected chi connectivity index (χ1v) is 14.3. The molecule has 0 N–H and O–H groups in total. The van der Waals surface area contributed by atoms with E-state index in [2.05, 4.69) is 53.2 Å². The Kier molecular flexibility index (Phi) is 4.59. The van der Waals surface area contributed by atoms with Gasteiger partial charge in [0.15, 0.2) is 0 Å². The number of pyridine rings is 1. The maximum absolute atomic E-state index is 14.0. The number of hydrogen-bond donors (Lipinski definition) is 0. The van der Waals surface area contributed by atoms with Crippen LogP contribution in [0.1, 0.15) is 76.2 Å². The van der Waals surface area contributed by atoms with Gasteiger partial charge in [-0.05, 0) is 109 Å². The normalized spacial score (nSPS) is 43.6. The Labute approximate surface area is 213 Å². The Bertz CT molecular complexity index is 1300. The number of likely N-dealkylation sites (tertiary alicyclic amines) is 1. The predicted molar refractivity (Wildman–Crippen MR) is 141 cm³/mol. The molecule has 0 radical (unpaired) electrons. The van der Waals surface area contributed by atoms with Crippen LogP contribution in [0, 0.1) is 11.3 Å². The fourth-order valence-corrected chi connectivity index (χ4v) is 9.64. The highest BCUT2D eigenvalue weighted by Gasteiger charge is 2.66. The molecular formula is C32H37FN2O. The number of alkyl halides is 1. The van der Waals surface area contributed by atoms with Crippen molar-refractivity contribution >= 4 is 10.8 Å². The summed E-state index contributed by atoms with van der Waals surface area (Å²) in [4.78, 5) is 6.81. The van der Waals surface area contributed by atoms with Crippen LogP contribution < -0.4 is 0 Å². The van der Waals surface area contributed by atoms with E-state index in [0.717, 1.165) is 45.1 Å². The average Bonchev–Trinajstić information content (AvgIpc) is 3.57. The van der Waals surface area contributed by atoms with Crippen molar-refractivity contribution in [1.82, 2.24) is 9.88 Å². The summed E-state index contributed by atoms with van der Waals surface area (Å²) in [5, 5.41) is 2.52. The highest BCUT2D eigenvalue weighted by molar-refractivity contribution is 5.82. The van der Waals surface area contributed by atoms with Gasteiger partial charge in [0.25, 0.3) is 0 Å². The van der Waals surface area contributed by atoms with Crippen LogP contribution in [-0.2, 0) is 4.74 Å². The molecule has 4 heteroatoms. The largest absolute Gasteiger partial charge is 0.359 e. The first-order chi connectivity index (χ1) is 17.5. The van der Waals surface area contributed by atoms with Gasteiger partial charge < -0.3 is 4.74 Å². The monoisotopic (exact) mass is 484 g/mol. The van der Waals surface area contributed by atoms with Gasteiger partial charge in [-0.3, -0.25) is 9.88 Å². The summed E-state index contributed by atoms with van der Waals surface area (Å²) < 4.78 is 21.5. The molecule has 2 spiro atoms. The SMILES string of the molecule is C[C@]12CC=C3C=C4CCC(N5CC[C@H](F)C5)C[C@]45CC[C@]3(O5)[C@@H]1CC[C@@H]2c1ccc2ccncc2c1. The minimum absolute atomic E-state index is 0.111. The number of aromatic nitrogens is 1. The van der Waals surface area contributed by atoms with Gasteiger partial charge in [-0.1, -0.05) is 31.2 Å². The number of nitrogens with zero attached hydrogens (tertiary/aromatic N) is 2. The lowest BCUT2D eigenvalue weighted by atomic mass is 9.58. The van der Waals surface area contributed by atoms with E-state index in [-0.39, 0.29) is 16.6 Å². The third-order valence-electron chi connectivity index (χ3n) is 11.4. The van der Waals surface area contributed by atoms with Crippen molar-refractivity contribution in [2.45, 2.75) is 94.0 Å². The maximum Gasteiger partial charge on any atom is 0.114 e. The minimum Gasteiger partial charge on any atom is -0.359 e. The van der Waals surface area contributed by atoms with Gasteiger partial charge in [0.05, 0.1) is 11.2 Å². The fraction of sp³-hybridized carbons (Fsp3) is 0.594. The Morgan fingerprint density at radius 2 is 2.03 bits per heavy atom. The van der Waals surface area contributed by atoms with Crippen molar-refractivity contribution in [3.05, 3.63) is 65.5 Å². The second kappa shape index (κ2) is 7.51. The van der Waals surface area contributed by atoms with E-state index in [4.69, 9.17) is 4.74 Å². The maximum atomic E-state index is 14.0. The van der Waals surface area contributed by atoms with Crippen molar-refractivity contribution in [2.75, 3.05) is 13.1 Å². The van der Waals surface area contributed by atoms with E-state index in [1.165, 1.54) is 40.3 Å². The van der Waals surface area contributed by atoms with E-state index in [0.29, 0.717) is 30.8 Å². The zero-order valence-corrected chi connectivity index (χ0v) is 21.4. The lowest BCUT2D eigenvalue weighted by Crippen LogP contribution is -2.55. The summed E-state index contributed by atoms with van der Waals surface area (Å²) in [6, 6.07) is 9.63. The molecule has 2 aromatic rings. The molecule has 1 aromatic heterocycles. The van der Waals surface area contributed by atoms with Crippen LogP contribution in [0.4, 0.5) is 4.39 Å². The quantitative estimate of drug-likeness (QED) is 0.464. The summed E-state index contributed by atoms with van der Waals surface area (Å²) in [5.74, 6) is 1.11. The van der Waals surface area contributed by atoms with E-state index in [1.54, 1.807) is 0 Å². The summed E-state index contributed by atoms with van der Waals surface area (Å²) >= 11 is 0. The second-order valence-corrected chi connectivity index (χ2v) is 13.0. The average molecular weight is 485 g/mol. The highest BCUT2D eigenvalue weighted by Crippen LogP contribution is 2.69. The van der Waals surface area contributed by atoms with Crippen molar-refractivity contribution in [3.63, 3.8) is 0 Å².